The molecule has 4 aromatic heterocycles. The average Bonchev–Trinajstić information content (AvgIpc) is 3.25. The van der Waals surface area contributed by atoms with Gasteiger partial charge in [-0.3, -0.25) is 18.8 Å². The standard InChI is InChI=1S/C22H25N9O11P2S2/c23-18-11-19(26-4-25-18)31(5-27-11)22-1-7(22)6-2-38-43(35,36)41-14-12(32)8(3-39-44(37,45)42-13(6)17(22)33)40-15(14)16-9-10(30-46-16)20(34)29-21(24)28-9/h4-8,12-15,17,32-33H,1-3H2,(H,35,36)(H,37,45)(H2,23,25,26)(H3,24,28,29,34)/t6-,7-,8+,12+,13+,14+,15+,17+,22+,44?/m0/s1. The zero-order chi connectivity index (χ0) is 32.3. The van der Waals surface area contributed by atoms with Crippen LogP contribution in [0.5, 0.6) is 0 Å². The van der Waals surface area contributed by atoms with Gasteiger partial charge in [-0.1, -0.05) is 0 Å². The van der Waals surface area contributed by atoms with Crippen LogP contribution in [-0.4, -0.2) is 97.6 Å². The number of fused-ring (bicyclic) bond motifs is 7. The minimum atomic E-state index is -4.97. The van der Waals surface area contributed by atoms with E-state index >= 15 is 0 Å². The molecule has 4 fully saturated rings. The van der Waals surface area contributed by atoms with Crippen LogP contribution in [0.25, 0.3) is 22.2 Å². The summed E-state index contributed by atoms with van der Waals surface area (Å²) in [4.78, 5) is 53.5. The number of nitrogens with two attached hydrogens (primary N) is 2. The third-order valence-corrected chi connectivity index (χ3v) is 12.4. The molecule has 0 aromatic carbocycles. The molecule has 2 saturated carbocycles. The number of phosphoric ester groups is 1. The summed E-state index contributed by atoms with van der Waals surface area (Å²) >= 11 is 6.08. The topological polar surface area (TPSA) is 298 Å². The van der Waals surface area contributed by atoms with Crippen LogP contribution in [-0.2, 0) is 44.7 Å². The van der Waals surface area contributed by atoms with Gasteiger partial charge in [-0.05, 0) is 35.7 Å². The van der Waals surface area contributed by atoms with E-state index in [9.17, 15) is 29.4 Å². The van der Waals surface area contributed by atoms with Gasteiger partial charge in [0.25, 0.3) is 5.56 Å². The summed E-state index contributed by atoms with van der Waals surface area (Å²) in [5, 5.41) is 22.8. The molecule has 24 heteroatoms. The Kier molecular flexibility index (Phi) is 7.00. The van der Waals surface area contributed by atoms with Gasteiger partial charge in [0, 0.05) is 5.92 Å². The molecule has 4 aliphatic rings. The zero-order valence-electron chi connectivity index (χ0n) is 23.1. The molecule has 9 N–H and O–H groups in total. The van der Waals surface area contributed by atoms with E-state index in [1.54, 1.807) is 4.57 Å². The van der Waals surface area contributed by atoms with Gasteiger partial charge in [-0.15, -0.1) is 0 Å². The Balaban J connectivity index is 1.14. The van der Waals surface area contributed by atoms with Crippen molar-refractivity contribution in [3.63, 3.8) is 0 Å². The van der Waals surface area contributed by atoms with Crippen molar-refractivity contribution in [2.45, 2.75) is 48.6 Å². The van der Waals surface area contributed by atoms with Gasteiger partial charge in [-0.2, -0.15) is 4.37 Å². The van der Waals surface area contributed by atoms with Crippen LogP contribution in [0, 0.1) is 11.8 Å². The van der Waals surface area contributed by atoms with E-state index in [0.29, 0.717) is 17.6 Å². The second-order valence-corrected chi connectivity index (χ2v) is 16.4. The molecule has 2 bridgehead atoms. The maximum absolute atomic E-state index is 13.4. The molecule has 0 amide bonds. The minimum absolute atomic E-state index is 0.0379. The number of rotatable bonds is 2. The second kappa shape index (κ2) is 10.5. The van der Waals surface area contributed by atoms with Crippen molar-refractivity contribution in [3.8, 4) is 0 Å². The number of hydrogen-bond acceptors (Lipinski definition) is 18. The fraction of sp³-hybridized carbons (Fsp3) is 0.545. The van der Waals surface area contributed by atoms with Gasteiger partial charge in [0.15, 0.2) is 17.0 Å². The Morgan fingerprint density at radius 3 is 2.70 bits per heavy atom. The maximum Gasteiger partial charge on any atom is 0.472 e. The summed E-state index contributed by atoms with van der Waals surface area (Å²) in [5.74, 6) is -1.29. The molecule has 0 spiro atoms. The molecule has 2 unspecified atom stereocenters. The predicted molar refractivity (Wildman–Crippen MR) is 159 cm³/mol. The number of anilines is 2. The van der Waals surface area contributed by atoms with E-state index < -0.39 is 87.3 Å². The first-order valence-electron chi connectivity index (χ1n) is 13.7. The highest BCUT2D eigenvalue weighted by molar-refractivity contribution is 8.07. The smallest absolute Gasteiger partial charge is 0.388 e. The Morgan fingerprint density at radius 2 is 1.89 bits per heavy atom. The molecule has 6 heterocycles. The molecule has 2 aliphatic heterocycles. The minimum Gasteiger partial charge on any atom is -0.388 e. The summed E-state index contributed by atoms with van der Waals surface area (Å²) in [6.07, 6.45) is -5.21. The first kappa shape index (κ1) is 30.8. The number of aromatic amines is 1. The largest absolute Gasteiger partial charge is 0.472 e. The number of nitrogen functional groups attached to an aromatic ring is 2. The zero-order valence-corrected chi connectivity index (χ0v) is 26.5. The number of aromatic nitrogens is 7. The molecule has 2 aliphatic carbocycles. The monoisotopic (exact) mass is 717 g/mol. The van der Waals surface area contributed by atoms with Gasteiger partial charge in [0.1, 0.15) is 54.0 Å². The van der Waals surface area contributed by atoms with Crippen molar-refractivity contribution in [2.24, 2.45) is 11.8 Å². The first-order valence-corrected chi connectivity index (χ1v) is 18.6. The van der Waals surface area contributed by atoms with Gasteiger partial charge in [0.05, 0.1) is 30.0 Å². The van der Waals surface area contributed by atoms with Crippen molar-refractivity contribution in [1.82, 2.24) is 33.9 Å². The number of H-pyrrole nitrogens is 1. The number of ether oxygens (including phenoxy) is 1. The molecule has 46 heavy (non-hydrogen) atoms. The highest BCUT2D eigenvalue weighted by Crippen LogP contribution is 2.68. The van der Waals surface area contributed by atoms with Crippen LogP contribution >= 0.6 is 26.1 Å². The highest BCUT2D eigenvalue weighted by Gasteiger charge is 2.74. The molecular formula is C22H25N9O11P2S2. The van der Waals surface area contributed by atoms with Crippen LogP contribution in [0.3, 0.4) is 0 Å². The Hall–Kier alpha value is -2.56. The summed E-state index contributed by atoms with van der Waals surface area (Å²) < 4.78 is 47.5. The Labute approximate surface area is 265 Å². The van der Waals surface area contributed by atoms with E-state index in [-0.39, 0.29) is 27.7 Å². The summed E-state index contributed by atoms with van der Waals surface area (Å²) in [6.45, 7) is -5.18. The lowest BCUT2D eigenvalue weighted by Crippen LogP contribution is -2.40. The van der Waals surface area contributed by atoms with Crippen molar-refractivity contribution in [2.75, 3.05) is 24.7 Å². The maximum atomic E-state index is 13.4. The van der Waals surface area contributed by atoms with Gasteiger partial charge in [-0.25, -0.2) is 24.5 Å². The summed E-state index contributed by atoms with van der Waals surface area (Å²) in [6, 6.07) is 0. The van der Waals surface area contributed by atoms with Crippen LogP contribution in [0.1, 0.15) is 17.4 Å². The van der Waals surface area contributed by atoms with Gasteiger partial charge >= 0.3 is 14.5 Å². The van der Waals surface area contributed by atoms with E-state index in [2.05, 4.69) is 29.3 Å². The van der Waals surface area contributed by atoms with Crippen LogP contribution in [0.4, 0.5) is 11.8 Å². The number of imidazole rings is 1. The van der Waals surface area contributed by atoms with Crippen molar-refractivity contribution < 1.29 is 47.4 Å². The number of nitrogens with one attached hydrogen (secondary N) is 1. The van der Waals surface area contributed by atoms with Crippen molar-refractivity contribution in [3.05, 3.63) is 27.9 Å². The van der Waals surface area contributed by atoms with E-state index in [4.69, 9.17) is 46.1 Å². The van der Waals surface area contributed by atoms with E-state index in [0.717, 1.165) is 11.5 Å². The number of aliphatic hydroxyl groups excluding tert-OH is 2. The average molecular weight is 718 g/mol. The molecule has 246 valence electrons. The number of nitrogens with zero attached hydrogens (tertiary/aromatic N) is 6. The number of phosphoric acid groups is 1. The van der Waals surface area contributed by atoms with Crippen molar-refractivity contribution >= 4 is 71.8 Å². The van der Waals surface area contributed by atoms with Crippen LogP contribution in [0.2, 0.25) is 0 Å². The van der Waals surface area contributed by atoms with Crippen LogP contribution in [0.15, 0.2) is 17.4 Å². The third kappa shape index (κ3) is 4.67. The van der Waals surface area contributed by atoms with Gasteiger partial charge < -0.3 is 49.8 Å². The molecule has 0 radical (unpaired) electrons. The lowest BCUT2D eigenvalue weighted by Gasteiger charge is -2.31. The van der Waals surface area contributed by atoms with E-state index in [1.165, 1.54) is 12.7 Å². The van der Waals surface area contributed by atoms with E-state index in [1.807, 2.05) is 0 Å². The van der Waals surface area contributed by atoms with Gasteiger partial charge in [0.2, 0.25) is 5.95 Å². The summed E-state index contributed by atoms with van der Waals surface area (Å²) in [7, 11) is -4.97. The predicted octanol–water partition coefficient (Wildman–Crippen LogP) is -0.975. The normalized spacial score (nSPS) is 41.0. The molecule has 8 rings (SSSR count). The first-order chi connectivity index (χ1) is 21.8. The fourth-order valence-corrected chi connectivity index (χ4v) is 10.1. The number of aliphatic hydroxyl groups is 2. The Morgan fingerprint density at radius 1 is 1.09 bits per heavy atom. The highest BCUT2D eigenvalue weighted by atomic mass is 32.5. The summed E-state index contributed by atoms with van der Waals surface area (Å²) in [5.41, 5.74) is 10.6. The Bertz CT molecular complexity index is 2050. The lowest BCUT2D eigenvalue weighted by atomic mass is 10.0. The molecule has 11 atom stereocenters. The lowest BCUT2D eigenvalue weighted by molar-refractivity contribution is -0.0410. The second-order valence-electron chi connectivity index (χ2n) is 11.4. The van der Waals surface area contributed by atoms with Crippen molar-refractivity contribution in [1.29, 1.82) is 0 Å². The SMILES string of the molecule is Nc1nc2c([C@@H]3O[C@@H]4COP(O)(=S)O[C@@H]5[C@@H](COP(=O)(O)O[C@@H]3[C@@H]4O)[C@@H]3C[C@]3(n3cnc4c(N)ncnc43)[C@@H]5O)snc2c(=O)[nH]1. The number of hydrogen-bond donors (Lipinski definition) is 7. The molecular weight excluding hydrogens is 692 g/mol. The van der Waals surface area contributed by atoms with Crippen LogP contribution < -0.4 is 17.0 Å². The third-order valence-electron chi connectivity index (χ3n) is 8.92. The quantitative estimate of drug-likeness (QED) is 0.123. The molecule has 20 nitrogen and oxygen atoms in total. The molecule has 4 aromatic rings. The fourth-order valence-electron chi connectivity index (χ4n) is 6.81. The molecule has 2 saturated heterocycles.